The maximum absolute atomic E-state index is 12.5. The van der Waals surface area contributed by atoms with Crippen LogP contribution in [0.5, 0.6) is 0 Å². The van der Waals surface area contributed by atoms with Crippen LogP contribution in [-0.2, 0) is 9.53 Å². The van der Waals surface area contributed by atoms with Crippen LogP contribution in [-0.4, -0.2) is 70.5 Å². The van der Waals surface area contributed by atoms with Gasteiger partial charge in [-0.3, -0.25) is 14.6 Å². The highest BCUT2D eigenvalue weighted by Gasteiger charge is 2.46. The van der Waals surface area contributed by atoms with E-state index in [0.717, 1.165) is 45.4 Å². The Bertz CT molecular complexity index is 637. The van der Waals surface area contributed by atoms with E-state index in [1.54, 1.807) is 6.20 Å². The molecule has 4 heterocycles. The van der Waals surface area contributed by atoms with Gasteiger partial charge in [0, 0.05) is 57.0 Å². The predicted octanol–water partition coefficient (Wildman–Crippen LogP) is 1.11. The van der Waals surface area contributed by atoms with Crippen LogP contribution in [0.2, 0.25) is 0 Å². The summed E-state index contributed by atoms with van der Waals surface area (Å²) in [6, 6.07) is 0. The molecule has 3 aliphatic rings. The summed E-state index contributed by atoms with van der Waals surface area (Å²) in [5, 5.41) is 0. The average molecular weight is 344 g/mol. The monoisotopic (exact) mass is 344 g/mol. The van der Waals surface area contributed by atoms with Crippen molar-refractivity contribution in [1.29, 1.82) is 0 Å². The third kappa shape index (κ3) is 3.38. The van der Waals surface area contributed by atoms with Crippen LogP contribution in [0.1, 0.15) is 42.6 Å². The molecule has 7 nitrogen and oxygen atoms in total. The molecular formula is C18H24N4O3. The fourth-order valence-electron chi connectivity index (χ4n) is 4.27. The molecule has 3 saturated heterocycles. The van der Waals surface area contributed by atoms with Gasteiger partial charge in [-0.05, 0) is 25.7 Å². The number of ether oxygens (including phenoxy) is 1. The number of hydrogen-bond donors (Lipinski definition) is 0. The first-order valence-electron chi connectivity index (χ1n) is 9.10. The van der Waals surface area contributed by atoms with Crippen molar-refractivity contribution in [2.45, 2.75) is 38.2 Å². The zero-order valence-corrected chi connectivity index (χ0v) is 14.4. The zero-order chi connectivity index (χ0) is 17.3. The smallest absolute Gasteiger partial charge is 0.274 e. The van der Waals surface area contributed by atoms with Crippen LogP contribution >= 0.6 is 0 Å². The first kappa shape index (κ1) is 16.4. The van der Waals surface area contributed by atoms with Gasteiger partial charge in [0.05, 0.1) is 12.3 Å². The highest BCUT2D eigenvalue weighted by molar-refractivity contribution is 5.92. The van der Waals surface area contributed by atoms with Crippen LogP contribution in [0, 0.1) is 5.41 Å². The number of aromatic nitrogens is 2. The molecule has 1 atom stereocenters. The second kappa shape index (κ2) is 6.71. The molecule has 4 rings (SSSR count). The minimum atomic E-state index is -0.0662. The number of hydrogen-bond acceptors (Lipinski definition) is 5. The van der Waals surface area contributed by atoms with Crippen LogP contribution in [0.3, 0.4) is 0 Å². The molecule has 7 heteroatoms. The van der Waals surface area contributed by atoms with Crippen molar-refractivity contribution >= 4 is 11.8 Å². The Balaban J connectivity index is 1.35. The molecule has 1 aromatic heterocycles. The number of likely N-dealkylation sites (tertiary alicyclic amines) is 2. The van der Waals surface area contributed by atoms with E-state index < -0.39 is 0 Å². The van der Waals surface area contributed by atoms with Crippen molar-refractivity contribution in [1.82, 2.24) is 19.8 Å². The van der Waals surface area contributed by atoms with Crippen molar-refractivity contribution in [3.63, 3.8) is 0 Å². The summed E-state index contributed by atoms with van der Waals surface area (Å²) in [5.74, 6) is 0.174. The lowest BCUT2D eigenvalue weighted by molar-refractivity contribution is -0.129. The summed E-state index contributed by atoms with van der Waals surface area (Å²) in [6.45, 7) is 3.70. The summed E-state index contributed by atoms with van der Waals surface area (Å²) in [6.07, 6.45) is 9.31. The van der Waals surface area contributed by atoms with Gasteiger partial charge in [0.15, 0.2) is 0 Å². The lowest BCUT2D eigenvalue weighted by Crippen LogP contribution is -2.45. The summed E-state index contributed by atoms with van der Waals surface area (Å²) in [5.41, 5.74) is 0.412. The van der Waals surface area contributed by atoms with Crippen molar-refractivity contribution in [3.05, 3.63) is 24.3 Å². The molecule has 0 radical (unpaired) electrons. The van der Waals surface area contributed by atoms with Crippen molar-refractivity contribution < 1.29 is 14.3 Å². The van der Waals surface area contributed by atoms with Crippen molar-refractivity contribution in [2.75, 3.05) is 32.8 Å². The van der Waals surface area contributed by atoms with Gasteiger partial charge in [0.2, 0.25) is 5.91 Å². The molecule has 134 valence electrons. The molecule has 0 bridgehead atoms. The van der Waals surface area contributed by atoms with Crippen molar-refractivity contribution in [3.8, 4) is 0 Å². The molecule has 3 aliphatic heterocycles. The van der Waals surface area contributed by atoms with E-state index in [4.69, 9.17) is 4.74 Å². The summed E-state index contributed by atoms with van der Waals surface area (Å²) in [7, 11) is 0. The third-order valence-corrected chi connectivity index (χ3v) is 5.75. The molecule has 25 heavy (non-hydrogen) atoms. The third-order valence-electron chi connectivity index (χ3n) is 5.75. The van der Waals surface area contributed by atoms with Gasteiger partial charge in [0.1, 0.15) is 5.69 Å². The highest BCUT2D eigenvalue weighted by atomic mass is 16.5. The predicted molar refractivity (Wildman–Crippen MR) is 89.8 cm³/mol. The Kier molecular flexibility index (Phi) is 4.41. The molecule has 2 amide bonds. The summed E-state index contributed by atoms with van der Waals surface area (Å²) >= 11 is 0. The molecule has 0 saturated carbocycles. The molecule has 1 aromatic rings. The number of nitrogens with zero attached hydrogens (tertiary/aromatic N) is 4. The minimum absolute atomic E-state index is 0.0227. The second-order valence-electron chi connectivity index (χ2n) is 7.47. The first-order valence-corrected chi connectivity index (χ1v) is 9.10. The maximum atomic E-state index is 12.5. The molecule has 3 fully saturated rings. The molecule has 1 spiro atoms. The van der Waals surface area contributed by atoms with Crippen LogP contribution < -0.4 is 0 Å². The van der Waals surface area contributed by atoms with Gasteiger partial charge < -0.3 is 14.5 Å². The lowest BCUT2D eigenvalue weighted by Gasteiger charge is -2.38. The normalized spacial score (nSPS) is 25.8. The van der Waals surface area contributed by atoms with Crippen LogP contribution in [0.25, 0.3) is 0 Å². The average Bonchev–Trinajstić information content (AvgIpc) is 3.25. The van der Waals surface area contributed by atoms with Gasteiger partial charge in [-0.25, -0.2) is 4.98 Å². The highest BCUT2D eigenvalue weighted by Crippen LogP contribution is 2.41. The SMILES string of the molecule is O=C1CC2(CCN(C(=O)c3cnccn3)CC2)CN1C[C@@H]1CCCO1. The van der Waals surface area contributed by atoms with E-state index >= 15 is 0 Å². The number of rotatable bonds is 3. The van der Waals surface area contributed by atoms with E-state index in [0.29, 0.717) is 25.2 Å². The van der Waals surface area contributed by atoms with Gasteiger partial charge >= 0.3 is 0 Å². The Labute approximate surface area is 147 Å². The van der Waals surface area contributed by atoms with E-state index in [-0.39, 0.29) is 23.3 Å². The number of carbonyl (C=O) groups excluding carboxylic acids is 2. The standard InChI is InChI=1S/C18H24N4O3/c23-16-10-18(13-22(16)12-14-2-1-9-25-14)3-7-21(8-4-18)17(24)15-11-19-5-6-20-15/h5-6,11,14H,1-4,7-10,12-13H2/t14-/m0/s1. The molecule has 0 aliphatic carbocycles. The topological polar surface area (TPSA) is 75.6 Å². The van der Waals surface area contributed by atoms with Gasteiger partial charge in [-0.15, -0.1) is 0 Å². The molecule has 0 unspecified atom stereocenters. The van der Waals surface area contributed by atoms with Crippen LogP contribution in [0.15, 0.2) is 18.6 Å². The Hall–Kier alpha value is -2.02. The van der Waals surface area contributed by atoms with Crippen LogP contribution in [0.4, 0.5) is 0 Å². The number of amides is 2. The Morgan fingerprint density at radius 2 is 2.16 bits per heavy atom. The molecular weight excluding hydrogens is 320 g/mol. The second-order valence-corrected chi connectivity index (χ2v) is 7.47. The van der Waals surface area contributed by atoms with Gasteiger partial charge in [-0.2, -0.15) is 0 Å². The fourth-order valence-corrected chi connectivity index (χ4v) is 4.27. The molecule has 0 N–H and O–H groups in total. The van der Waals surface area contributed by atoms with Crippen molar-refractivity contribution in [2.24, 2.45) is 5.41 Å². The quantitative estimate of drug-likeness (QED) is 0.821. The fraction of sp³-hybridized carbons (Fsp3) is 0.667. The van der Waals surface area contributed by atoms with E-state index in [1.807, 2.05) is 9.80 Å². The first-order chi connectivity index (χ1) is 12.2. The maximum Gasteiger partial charge on any atom is 0.274 e. The van der Waals surface area contributed by atoms with Gasteiger partial charge in [0.25, 0.3) is 5.91 Å². The minimum Gasteiger partial charge on any atom is -0.376 e. The Morgan fingerprint density at radius 1 is 1.32 bits per heavy atom. The Morgan fingerprint density at radius 3 is 2.84 bits per heavy atom. The molecule has 0 aromatic carbocycles. The lowest BCUT2D eigenvalue weighted by atomic mass is 9.77. The number of piperidine rings is 1. The number of carbonyl (C=O) groups is 2. The summed E-state index contributed by atoms with van der Waals surface area (Å²) < 4.78 is 5.68. The van der Waals surface area contributed by atoms with E-state index in [9.17, 15) is 9.59 Å². The largest absolute Gasteiger partial charge is 0.376 e. The van der Waals surface area contributed by atoms with E-state index in [1.165, 1.54) is 12.4 Å². The zero-order valence-electron chi connectivity index (χ0n) is 14.4. The van der Waals surface area contributed by atoms with E-state index in [2.05, 4.69) is 9.97 Å². The summed E-state index contributed by atoms with van der Waals surface area (Å²) in [4.78, 5) is 36.8. The van der Waals surface area contributed by atoms with Gasteiger partial charge in [-0.1, -0.05) is 0 Å².